The number of aliphatic hydroxyl groups is 1. The van der Waals surface area contributed by atoms with Gasteiger partial charge in [-0.05, 0) is 44.4 Å². The predicted octanol–water partition coefficient (Wildman–Crippen LogP) is 3.31. The summed E-state index contributed by atoms with van der Waals surface area (Å²) in [6, 6.07) is 0. The van der Waals surface area contributed by atoms with Crippen LogP contribution in [0.15, 0.2) is 23.8 Å². The Kier molecular flexibility index (Phi) is 4.40. The van der Waals surface area contributed by atoms with Crippen LogP contribution in [0.4, 0.5) is 0 Å². The van der Waals surface area contributed by atoms with Gasteiger partial charge in [-0.2, -0.15) is 0 Å². The van der Waals surface area contributed by atoms with Gasteiger partial charge in [-0.15, -0.1) is 0 Å². The third-order valence-corrected chi connectivity index (χ3v) is 3.12. The molecule has 80 valence electrons. The van der Waals surface area contributed by atoms with Crippen LogP contribution in [0, 0.1) is 11.8 Å². The SMILES string of the molecule is C=C(C)[C@@H]1CC=C(CC(C)CO)CC1. The largest absolute Gasteiger partial charge is 0.396 e. The quantitative estimate of drug-likeness (QED) is 0.681. The Morgan fingerprint density at radius 2 is 2.43 bits per heavy atom. The summed E-state index contributed by atoms with van der Waals surface area (Å²) in [4.78, 5) is 0. The second-order valence-electron chi connectivity index (χ2n) is 4.67. The molecule has 0 saturated heterocycles. The van der Waals surface area contributed by atoms with Crippen molar-refractivity contribution in [3.05, 3.63) is 23.8 Å². The molecule has 1 heteroatoms. The Balaban J connectivity index is 2.41. The van der Waals surface area contributed by atoms with E-state index >= 15 is 0 Å². The molecular weight excluding hydrogens is 172 g/mol. The van der Waals surface area contributed by atoms with Crippen LogP contribution in [0.2, 0.25) is 0 Å². The highest BCUT2D eigenvalue weighted by Crippen LogP contribution is 2.30. The topological polar surface area (TPSA) is 20.2 Å². The molecule has 2 atom stereocenters. The average Bonchev–Trinajstić information content (AvgIpc) is 2.18. The highest BCUT2D eigenvalue weighted by Gasteiger charge is 2.15. The van der Waals surface area contributed by atoms with E-state index in [0.717, 1.165) is 12.8 Å². The maximum atomic E-state index is 8.96. The number of aliphatic hydroxyl groups excluding tert-OH is 1. The molecule has 0 bridgehead atoms. The van der Waals surface area contributed by atoms with Crippen molar-refractivity contribution in [2.75, 3.05) is 6.61 Å². The van der Waals surface area contributed by atoms with E-state index in [-0.39, 0.29) is 0 Å². The molecule has 1 unspecified atom stereocenters. The summed E-state index contributed by atoms with van der Waals surface area (Å²) in [5, 5.41) is 8.96. The lowest BCUT2D eigenvalue weighted by Crippen LogP contribution is -2.09. The van der Waals surface area contributed by atoms with Crippen LogP contribution in [0.3, 0.4) is 0 Å². The first-order chi connectivity index (χ1) is 6.63. The van der Waals surface area contributed by atoms with Gasteiger partial charge in [0.05, 0.1) is 0 Å². The van der Waals surface area contributed by atoms with Gasteiger partial charge in [0.15, 0.2) is 0 Å². The minimum atomic E-state index is 0.307. The van der Waals surface area contributed by atoms with Gasteiger partial charge >= 0.3 is 0 Å². The molecule has 1 aliphatic carbocycles. The Bertz CT molecular complexity index is 227. The molecule has 1 nitrogen and oxygen atoms in total. The second kappa shape index (κ2) is 5.35. The fraction of sp³-hybridized carbons (Fsp3) is 0.692. The number of hydrogen-bond acceptors (Lipinski definition) is 1. The summed E-state index contributed by atoms with van der Waals surface area (Å²) in [5.41, 5.74) is 2.85. The van der Waals surface area contributed by atoms with Crippen molar-refractivity contribution in [1.82, 2.24) is 0 Å². The number of hydrogen-bond donors (Lipinski definition) is 1. The molecule has 0 aromatic carbocycles. The second-order valence-corrected chi connectivity index (χ2v) is 4.67. The maximum Gasteiger partial charge on any atom is 0.0459 e. The minimum absolute atomic E-state index is 0.307. The zero-order valence-corrected chi connectivity index (χ0v) is 9.42. The smallest absolute Gasteiger partial charge is 0.0459 e. The molecular formula is C13H22O. The lowest BCUT2D eigenvalue weighted by atomic mass is 9.83. The molecule has 0 radical (unpaired) electrons. The van der Waals surface area contributed by atoms with Crippen LogP contribution >= 0.6 is 0 Å². The van der Waals surface area contributed by atoms with Crippen LogP contribution in [0.25, 0.3) is 0 Å². The summed E-state index contributed by atoms with van der Waals surface area (Å²) < 4.78 is 0. The number of rotatable bonds is 4. The van der Waals surface area contributed by atoms with Crippen LogP contribution < -0.4 is 0 Å². The van der Waals surface area contributed by atoms with Gasteiger partial charge in [-0.3, -0.25) is 0 Å². The molecule has 0 aromatic heterocycles. The van der Waals surface area contributed by atoms with E-state index in [1.807, 2.05) is 0 Å². The van der Waals surface area contributed by atoms with Crippen LogP contribution in [-0.4, -0.2) is 11.7 Å². The van der Waals surface area contributed by atoms with E-state index in [1.54, 1.807) is 0 Å². The van der Waals surface area contributed by atoms with E-state index in [2.05, 4.69) is 26.5 Å². The predicted molar refractivity (Wildman–Crippen MR) is 61.1 cm³/mol. The zero-order chi connectivity index (χ0) is 10.6. The van der Waals surface area contributed by atoms with Crippen LogP contribution in [-0.2, 0) is 0 Å². The Morgan fingerprint density at radius 1 is 1.71 bits per heavy atom. The fourth-order valence-corrected chi connectivity index (χ4v) is 2.03. The van der Waals surface area contributed by atoms with Gasteiger partial charge in [-0.25, -0.2) is 0 Å². The van der Waals surface area contributed by atoms with E-state index in [0.29, 0.717) is 18.4 Å². The molecule has 1 aliphatic rings. The van der Waals surface area contributed by atoms with Crippen molar-refractivity contribution in [1.29, 1.82) is 0 Å². The third-order valence-electron chi connectivity index (χ3n) is 3.12. The van der Waals surface area contributed by atoms with Crippen molar-refractivity contribution < 1.29 is 5.11 Å². The summed E-state index contributed by atoms with van der Waals surface area (Å²) in [6.45, 7) is 8.55. The van der Waals surface area contributed by atoms with Crippen LogP contribution in [0.1, 0.15) is 39.5 Å². The van der Waals surface area contributed by atoms with Crippen molar-refractivity contribution in [3.8, 4) is 0 Å². The van der Waals surface area contributed by atoms with Crippen molar-refractivity contribution in [3.63, 3.8) is 0 Å². The molecule has 0 saturated carbocycles. The lowest BCUT2D eigenvalue weighted by Gasteiger charge is -2.23. The monoisotopic (exact) mass is 194 g/mol. The number of allylic oxidation sites excluding steroid dienone is 3. The van der Waals surface area contributed by atoms with Gasteiger partial charge in [0.25, 0.3) is 0 Å². The summed E-state index contributed by atoms with van der Waals surface area (Å²) in [6.07, 6.45) is 7.03. The molecule has 0 aromatic rings. The first-order valence-electron chi connectivity index (χ1n) is 5.57. The average molecular weight is 194 g/mol. The van der Waals surface area contributed by atoms with E-state index in [4.69, 9.17) is 5.11 Å². The summed E-state index contributed by atoms with van der Waals surface area (Å²) in [5.74, 6) is 1.12. The first kappa shape index (κ1) is 11.5. The highest BCUT2D eigenvalue weighted by atomic mass is 16.3. The van der Waals surface area contributed by atoms with E-state index < -0.39 is 0 Å². The summed E-state index contributed by atoms with van der Waals surface area (Å²) >= 11 is 0. The molecule has 0 amide bonds. The van der Waals surface area contributed by atoms with E-state index in [1.165, 1.54) is 24.0 Å². The minimum Gasteiger partial charge on any atom is -0.396 e. The van der Waals surface area contributed by atoms with Gasteiger partial charge in [-0.1, -0.05) is 30.7 Å². The molecule has 0 fully saturated rings. The van der Waals surface area contributed by atoms with Gasteiger partial charge in [0.1, 0.15) is 0 Å². The molecule has 0 aliphatic heterocycles. The summed E-state index contributed by atoms with van der Waals surface area (Å²) in [7, 11) is 0. The maximum absolute atomic E-state index is 8.96. The third kappa shape index (κ3) is 3.30. The van der Waals surface area contributed by atoms with Gasteiger partial charge in [0.2, 0.25) is 0 Å². The normalized spacial score (nSPS) is 24.2. The fourth-order valence-electron chi connectivity index (χ4n) is 2.03. The van der Waals surface area contributed by atoms with Crippen molar-refractivity contribution >= 4 is 0 Å². The van der Waals surface area contributed by atoms with Crippen LogP contribution in [0.5, 0.6) is 0 Å². The Labute approximate surface area is 87.5 Å². The lowest BCUT2D eigenvalue weighted by molar-refractivity contribution is 0.235. The zero-order valence-electron chi connectivity index (χ0n) is 9.42. The molecule has 1 rings (SSSR count). The van der Waals surface area contributed by atoms with Gasteiger partial charge in [0, 0.05) is 6.61 Å². The highest BCUT2D eigenvalue weighted by molar-refractivity contribution is 5.12. The standard InChI is InChI=1S/C13H22O/c1-10(2)13-6-4-12(5-7-13)8-11(3)9-14/h4,11,13-14H,1,5-9H2,2-3H3/t11?,13-/m1/s1. The van der Waals surface area contributed by atoms with Crippen molar-refractivity contribution in [2.24, 2.45) is 11.8 Å². The van der Waals surface area contributed by atoms with E-state index in [9.17, 15) is 0 Å². The first-order valence-corrected chi connectivity index (χ1v) is 5.57. The van der Waals surface area contributed by atoms with Crippen molar-refractivity contribution in [2.45, 2.75) is 39.5 Å². The van der Waals surface area contributed by atoms with Gasteiger partial charge < -0.3 is 5.11 Å². The Morgan fingerprint density at radius 3 is 2.86 bits per heavy atom. The molecule has 1 N–H and O–H groups in total. The Hall–Kier alpha value is -0.560. The molecule has 0 spiro atoms. The molecule has 14 heavy (non-hydrogen) atoms. The molecule has 0 heterocycles.